The van der Waals surface area contributed by atoms with E-state index in [9.17, 15) is 4.79 Å². The first-order valence-corrected chi connectivity index (χ1v) is 5.02. The predicted molar refractivity (Wildman–Crippen MR) is 51.1 cm³/mol. The fraction of sp³-hybridized carbons (Fsp3) is 0.727. The Hall–Kier alpha value is -0.590. The monoisotopic (exact) mass is 166 g/mol. The van der Waals surface area contributed by atoms with E-state index in [2.05, 4.69) is 13.0 Å². The zero-order chi connectivity index (χ0) is 8.81. The van der Waals surface area contributed by atoms with Crippen LogP contribution < -0.4 is 0 Å². The van der Waals surface area contributed by atoms with Crippen molar-refractivity contribution in [3.8, 4) is 0 Å². The van der Waals surface area contributed by atoms with Crippen molar-refractivity contribution in [2.45, 2.75) is 51.9 Å². The second kappa shape index (κ2) is 5.13. The first-order chi connectivity index (χ1) is 5.83. The number of Topliss-reactive ketones (excluding diaryl/α,β-unsaturated/α-hetero) is 1. The van der Waals surface area contributed by atoms with E-state index in [0.717, 1.165) is 12.8 Å². The largest absolute Gasteiger partial charge is 0.299 e. The zero-order valence-electron chi connectivity index (χ0n) is 7.94. The maximum absolute atomic E-state index is 10.9. The average molecular weight is 166 g/mol. The summed E-state index contributed by atoms with van der Waals surface area (Å²) in [6.45, 7) is 2.22. The first kappa shape index (κ1) is 9.50. The molecule has 0 aromatic carbocycles. The minimum absolute atomic E-state index is 0.411. The van der Waals surface area contributed by atoms with E-state index in [4.69, 9.17) is 0 Å². The maximum Gasteiger partial charge on any atom is 0.136 e. The number of hydrogen-bond acceptors (Lipinski definition) is 1. The summed E-state index contributed by atoms with van der Waals surface area (Å²) in [6, 6.07) is 0. The molecule has 0 saturated carbocycles. The third-order valence-corrected chi connectivity index (χ3v) is 2.44. The van der Waals surface area contributed by atoms with Crippen LogP contribution >= 0.6 is 0 Å². The molecule has 0 unspecified atom stereocenters. The lowest BCUT2D eigenvalue weighted by Crippen LogP contribution is -2.03. The summed E-state index contributed by atoms with van der Waals surface area (Å²) < 4.78 is 0. The Bertz CT molecular complexity index is 179. The molecule has 0 aromatic heterocycles. The summed E-state index contributed by atoms with van der Waals surface area (Å²) in [6.07, 6.45) is 9.79. The summed E-state index contributed by atoms with van der Waals surface area (Å²) >= 11 is 0. The van der Waals surface area contributed by atoms with E-state index < -0.39 is 0 Å². The molecule has 0 aromatic rings. The Morgan fingerprint density at radius 3 is 2.75 bits per heavy atom. The van der Waals surface area contributed by atoms with Gasteiger partial charge in [-0.15, -0.1) is 0 Å². The molecule has 0 N–H and O–H groups in total. The van der Waals surface area contributed by atoms with Crippen LogP contribution in [0.2, 0.25) is 0 Å². The number of carbonyl (C=O) groups excluding carboxylic acids is 1. The SMILES string of the molecule is CCCCCC1=CCC(=O)CC1. The van der Waals surface area contributed by atoms with Crippen molar-refractivity contribution in [3.05, 3.63) is 11.6 Å². The highest BCUT2D eigenvalue weighted by Gasteiger charge is 2.08. The molecule has 12 heavy (non-hydrogen) atoms. The van der Waals surface area contributed by atoms with Crippen molar-refractivity contribution >= 4 is 5.78 Å². The summed E-state index contributed by atoms with van der Waals surface area (Å²) in [5.74, 6) is 0.411. The summed E-state index contributed by atoms with van der Waals surface area (Å²) in [7, 11) is 0. The molecule has 0 bridgehead atoms. The molecule has 0 fully saturated rings. The molecular weight excluding hydrogens is 148 g/mol. The topological polar surface area (TPSA) is 17.1 Å². The van der Waals surface area contributed by atoms with Crippen LogP contribution in [0.5, 0.6) is 0 Å². The molecule has 0 saturated heterocycles. The standard InChI is InChI=1S/C11H18O/c1-2-3-4-5-10-6-8-11(12)9-7-10/h6H,2-5,7-9H2,1H3. The Labute approximate surface area is 74.9 Å². The molecule has 0 radical (unpaired) electrons. The molecule has 1 rings (SSSR count). The average Bonchev–Trinajstić information content (AvgIpc) is 2.09. The van der Waals surface area contributed by atoms with Crippen LogP contribution in [-0.4, -0.2) is 5.78 Å². The number of allylic oxidation sites excluding steroid dienone is 2. The van der Waals surface area contributed by atoms with E-state index in [1.807, 2.05) is 0 Å². The first-order valence-electron chi connectivity index (χ1n) is 5.02. The zero-order valence-corrected chi connectivity index (χ0v) is 7.94. The van der Waals surface area contributed by atoms with Gasteiger partial charge in [0.05, 0.1) is 0 Å². The molecule has 1 heteroatoms. The van der Waals surface area contributed by atoms with E-state index in [-0.39, 0.29) is 0 Å². The van der Waals surface area contributed by atoms with Gasteiger partial charge in [0, 0.05) is 12.8 Å². The van der Waals surface area contributed by atoms with Crippen LogP contribution in [0.1, 0.15) is 51.9 Å². The number of ketones is 1. The van der Waals surface area contributed by atoms with Gasteiger partial charge in [0.15, 0.2) is 0 Å². The summed E-state index contributed by atoms with van der Waals surface area (Å²) in [5, 5.41) is 0. The molecule has 0 amide bonds. The van der Waals surface area contributed by atoms with E-state index in [1.165, 1.54) is 31.3 Å². The van der Waals surface area contributed by atoms with Gasteiger partial charge in [0.2, 0.25) is 0 Å². The Kier molecular flexibility index (Phi) is 4.06. The molecule has 68 valence electrons. The second-order valence-corrected chi connectivity index (χ2v) is 3.56. The molecule has 1 aliphatic carbocycles. The van der Waals surface area contributed by atoms with Crippen LogP contribution in [0.3, 0.4) is 0 Å². The highest BCUT2D eigenvalue weighted by atomic mass is 16.1. The third kappa shape index (κ3) is 3.21. The fourth-order valence-electron chi connectivity index (χ4n) is 1.59. The van der Waals surface area contributed by atoms with Gasteiger partial charge in [-0.1, -0.05) is 31.4 Å². The lowest BCUT2D eigenvalue weighted by molar-refractivity contribution is -0.118. The molecule has 0 aliphatic heterocycles. The molecule has 1 aliphatic rings. The highest BCUT2D eigenvalue weighted by molar-refractivity contribution is 5.81. The second-order valence-electron chi connectivity index (χ2n) is 3.56. The van der Waals surface area contributed by atoms with Crippen LogP contribution in [0, 0.1) is 0 Å². The highest BCUT2D eigenvalue weighted by Crippen LogP contribution is 2.20. The van der Waals surface area contributed by atoms with Gasteiger partial charge >= 0.3 is 0 Å². The molecule has 0 atom stereocenters. The summed E-state index contributed by atoms with van der Waals surface area (Å²) in [5.41, 5.74) is 1.52. The van der Waals surface area contributed by atoms with Gasteiger partial charge in [-0.2, -0.15) is 0 Å². The van der Waals surface area contributed by atoms with E-state index in [1.54, 1.807) is 0 Å². The van der Waals surface area contributed by atoms with Crippen LogP contribution in [0.4, 0.5) is 0 Å². The smallest absolute Gasteiger partial charge is 0.136 e. The molecule has 0 heterocycles. The predicted octanol–water partition coefficient (Wildman–Crippen LogP) is 3.25. The Morgan fingerprint density at radius 1 is 1.33 bits per heavy atom. The van der Waals surface area contributed by atoms with Crippen molar-refractivity contribution < 1.29 is 4.79 Å². The fourth-order valence-corrected chi connectivity index (χ4v) is 1.59. The third-order valence-electron chi connectivity index (χ3n) is 2.44. The van der Waals surface area contributed by atoms with Crippen molar-refractivity contribution in [2.75, 3.05) is 0 Å². The van der Waals surface area contributed by atoms with Crippen LogP contribution in [0.25, 0.3) is 0 Å². The maximum atomic E-state index is 10.9. The van der Waals surface area contributed by atoms with Crippen molar-refractivity contribution in [1.29, 1.82) is 0 Å². The van der Waals surface area contributed by atoms with Gasteiger partial charge in [-0.25, -0.2) is 0 Å². The lowest BCUT2D eigenvalue weighted by Gasteiger charge is -2.11. The number of hydrogen-bond donors (Lipinski definition) is 0. The summed E-state index contributed by atoms with van der Waals surface area (Å²) in [4.78, 5) is 10.9. The van der Waals surface area contributed by atoms with Gasteiger partial charge in [0.1, 0.15) is 5.78 Å². The van der Waals surface area contributed by atoms with Crippen LogP contribution in [-0.2, 0) is 4.79 Å². The molecular formula is C11H18O. The lowest BCUT2D eigenvalue weighted by atomic mass is 9.94. The van der Waals surface area contributed by atoms with Crippen molar-refractivity contribution in [2.24, 2.45) is 0 Å². The van der Waals surface area contributed by atoms with Crippen LogP contribution in [0.15, 0.2) is 11.6 Å². The Balaban J connectivity index is 2.19. The quantitative estimate of drug-likeness (QED) is 0.463. The minimum atomic E-state index is 0.411. The number of unbranched alkanes of at least 4 members (excludes halogenated alkanes) is 2. The molecule has 1 nitrogen and oxygen atoms in total. The Morgan fingerprint density at radius 2 is 2.17 bits per heavy atom. The van der Waals surface area contributed by atoms with Gasteiger partial charge in [0.25, 0.3) is 0 Å². The normalized spacial score (nSPS) is 17.8. The van der Waals surface area contributed by atoms with Crippen molar-refractivity contribution in [3.63, 3.8) is 0 Å². The van der Waals surface area contributed by atoms with Gasteiger partial charge in [-0.3, -0.25) is 4.79 Å². The molecule has 0 spiro atoms. The van der Waals surface area contributed by atoms with Crippen molar-refractivity contribution in [1.82, 2.24) is 0 Å². The number of rotatable bonds is 4. The van der Waals surface area contributed by atoms with E-state index >= 15 is 0 Å². The number of carbonyl (C=O) groups is 1. The van der Waals surface area contributed by atoms with E-state index in [0.29, 0.717) is 12.2 Å². The van der Waals surface area contributed by atoms with Gasteiger partial charge < -0.3 is 0 Å². The van der Waals surface area contributed by atoms with Gasteiger partial charge in [-0.05, 0) is 19.3 Å². The minimum Gasteiger partial charge on any atom is -0.299 e.